The molecule has 1 rings (SSSR count). The van der Waals surface area contributed by atoms with Crippen LogP contribution in [0.1, 0.15) is 18.9 Å². The molecule has 0 spiro atoms. The minimum Gasteiger partial charge on any atom is -0.472 e. The van der Waals surface area contributed by atoms with Gasteiger partial charge in [0.25, 0.3) is 0 Å². The SMILES string of the molecule is CCC(CN)N(C)Cc1ccoc1. The molecule has 0 aliphatic carbocycles. The summed E-state index contributed by atoms with van der Waals surface area (Å²) in [6.45, 7) is 3.78. The molecule has 13 heavy (non-hydrogen) atoms. The highest BCUT2D eigenvalue weighted by molar-refractivity contribution is 5.04. The fourth-order valence-electron chi connectivity index (χ4n) is 1.46. The minimum absolute atomic E-state index is 0.467. The van der Waals surface area contributed by atoms with Gasteiger partial charge < -0.3 is 10.2 Å². The standard InChI is InChI=1S/C10H18N2O/c1-3-10(6-11)12(2)7-9-4-5-13-8-9/h4-5,8,10H,3,6-7,11H2,1-2H3. The van der Waals surface area contributed by atoms with E-state index in [1.54, 1.807) is 12.5 Å². The second-order valence-electron chi connectivity index (χ2n) is 3.34. The first kappa shape index (κ1) is 10.3. The Kier molecular flexibility index (Phi) is 3.99. The first-order valence-electron chi connectivity index (χ1n) is 4.69. The molecule has 0 radical (unpaired) electrons. The lowest BCUT2D eigenvalue weighted by atomic mass is 10.2. The van der Waals surface area contributed by atoms with Crippen LogP contribution in [0.3, 0.4) is 0 Å². The fraction of sp³-hybridized carbons (Fsp3) is 0.600. The van der Waals surface area contributed by atoms with Gasteiger partial charge in [0, 0.05) is 24.7 Å². The third kappa shape index (κ3) is 2.86. The third-order valence-electron chi connectivity index (χ3n) is 2.38. The van der Waals surface area contributed by atoms with Crippen molar-refractivity contribution in [3.05, 3.63) is 24.2 Å². The molecule has 0 bridgehead atoms. The van der Waals surface area contributed by atoms with Crippen molar-refractivity contribution in [2.45, 2.75) is 25.9 Å². The van der Waals surface area contributed by atoms with E-state index in [2.05, 4.69) is 18.9 Å². The first-order valence-corrected chi connectivity index (χ1v) is 4.69. The number of nitrogens with two attached hydrogens (primary N) is 1. The van der Waals surface area contributed by atoms with Crippen molar-refractivity contribution < 1.29 is 4.42 Å². The van der Waals surface area contributed by atoms with E-state index in [1.807, 2.05) is 6.07 Å². The van der Waals surface area contributed by atoms with Crippen LogP contribution < -0.4 is 5.73 Å². The molecule has 0 aliphatic rings. The van der Waals surface area contributed by atoms with Gasteiger partial charge in [-0.2, -0.15) is 0 Å². The molecule has 1 unspecified atom stereocenters. The Balaban J connectivity index is 2.44. The van der Waals surface area contributed by atoms with Gasteiger partial charge in [0.2, 0.25) is 0 Å². The zero-order chi connectivity index (χ0) is 9.68. The second kappa shape index (κ2) is 5.04. The molecule has 0 amide bonds. The Morgan fingerprint density at radius 2 is 2.38 bits per heavy atom. The summed E-state index contributed by atoms with van der Waals surface area (Å²) in [6.07, 6.45) is 4.57. The van der Waals surface area contributed by atoms with E-state index in [1.165, 1.54) is 5.56 Å². The molecule has 1 heterocycles. The van der Waals surface area contributed by atoms with E-state index < -0.39 is 0 Å². The molecule has 0 saturated heterocycles. The van der Waals surface area contributed by atoms with Crippen molar-refractivity contribution in [1.29, 1.82) is 0 Å². The molecule has 0 aliphatic heterocycles. The highest BCUT2D eigenvalue weighted by Gasteiger charge is 2.10. The summed E-state index contributed by atoms with van der Waals surface area (Å²) in [4.78, 5) is 2.25. The lowest BCUT2D eigenvalue weighted by molar-refractivity contribution is 0.232. The van der Waals surface area contributed by atoms with Crippen molar-refractivity contribution >= 4 is 0 Å². The largest absolute Gasteiger partial charge is 0.472 e. The van der Waals surface area contributed by atoms with Crippen molar-refractivity contribution in [3.8, 4) is 0 Å². The Labute approximate surface area is 79.5 Å². The number of hydrogen-bond donors (Lipinski definition) is 1. The molecule has 1 aromatic heterocycles. The number of furan rings is 1. The van der Waals surface area contributed by atoms with Crippen LogP contribution in [-0.2, 0) is 6.54 Å². The maximum absolute atomic E-state index is 5.65. The van der Waals surface area contributed by atoms with Crippen molar-refractivity contribution in [2.75, 3.05) is 13.6 Å². The lowest BCUT2D eigenvalue weighted by Crippen LogP contribution is -2.36. The maximum Gasteiger partial charge on any atom is 0.0947 e. The smallest absolute Gasteiger partial charge is 0.0947 e. The van der Waals surface area contributed by atoms with Gasteiger partial charge in [0.1, 0.15) is 0 Å². The number of nitrogens with zero attached hydrogens (tertiary/aromatic N) is 1. The topological polar surface area (TPSA) is 42.4 Å². The molecule has 3 heteroatoms. The summed E-state index contributed by atoms with van der Waals surface area (Å²) in [5.74, 6) is 0. The van der Waals surface area contributed by atoms with Crippen LogP contribution in [0.5, 0.6) is 0 Å². The number of rotatable bonds is 5. The van der Waals surface area contributed by atoms with Gasteiger partial charge in [-0.05, 0) is 19.5 Å². The molecule has 1 aromatic rings. The average Bonchev–Trinajstić information content (AvgIpc) is 2.59. The first-order chi connectivity index (χ1) is 6.27. The summed E-state index contributed by atoms with van der Waals surface area (Å²) in [5, 5.41) is 0. The number of hydrogen-bond acceptors (Lipinski definition) is 3. The Morgan fingerprint density at radius 1 is 1.62 bits per heavy atom. The van der Waals surface area contributed by atoms with E-state index in [4.69, 9.17) is 10.2 Å². The molecule has 2 N–H and O–H groups in total. The van der Waals surface area contributed by atoms with E-state index in [9.17, 15) is 0 Å². The van der Waals surface area contributed by atoms with Gasteiger partial charge in [-0.15, -0.1) is 0 Å². The van der Waals surface area contributed by atoms with Crippen LogP contribution in [0, 0.1) is 0 Å². The van der Waals surface area contributed by atoms with Crippen molar-refractivity contribution in [1.82, 2.24) is 4.90 Å². The van der Waals surface area contributed by atoms with Crippen LogP contribution in [-0.4, -0.2) is 24.5 Å². The molecule has 1 atom stereocenters. The second-order valence-corrected chi connectivity index (χ2v) is 3.34. The molecular formula is C10H18N2O. The van der Waals surface area contributed by atoms with E-state index in [0.717, 1.165) is 13.0 Å². The number of likely N-dealkylation sites (N-methyl/N-ethyl adjacent to an activating group) is 1. The Morgan fingerprint density at radius 3 is 2.85 bits per heavy atom. The minimum atomic E-state index is 0.467. The zero-order valence-electron chi connectivity index (χ0n) is 8.36. The van der Waals surface area contributed by atoms with Crippen LogP contribution >= 0.6 is 0 Å². The summed E-state index contributed by atoms with van der Waals surface area (Å²) in [6, 6.07) is 2.45. The van der Waals surface area contributed by atoms with Crippen LogP contribution in [0.2, 0.25) is 0 Å². The van der Waals surface area contributed by atoms with Crippen LogP contribution in [0.25, 0.3) is 0 Å². The lowest BCUT2D eigenvalue weighted by Gasteiger charge is -2.25. The van der Waals surface area contributed by atoms with Gasteiger partial charge in [0.15, 0.2) is 0 Å². The predicted molar refractivity (Wildman–Crippen MR) is 53.3 cm³/mol. The van der Waals surface area contributed by atoms with Gasteiger partial charge >= 0.3 is 0 Å². The molecular weight excluding hydrogens is 164 g/mol. The summed E-state index contributed by atoms with van der Waals surface area (Å²) < 4.78 is 5.00. The quantitative estimate of drug-likeness (QED) is 0.749. The summed E-state index contributed by atoms with van der Waals surface area (Å²) in [5.41, 5.74) is 6.85. The Hall–Kier alpha value is -0.800. The van der Waals surface area contributed by atoms with Crippen molar-refractivity contribution in [3.63, 3.8) is 0 Å². The molecule has 74 valence electrons. The van der Waals surface area contributed by atoms with Crippen LogP contribution in [0.4, 0.5) is 0 Å². The van der Waals surface area contributed by atoms with Crippen LogP contribution in [0.15, 0.2) is 23.0 Å². The van der Waals surface area contributed by atoms with Gasteiger partial charge in [-0.3, -0.25) is 4.90 Å². The van der Waals surface area contributed by atoms with E-state index in [0.29, 0.717) is 12.6 Å². The van der Waals surface area contributed by atoms with Gasteiger partial charge in [0.05, 0.1) is 12.5 Å². The summed E-state index contributed by atoms with van der Waals surface area (Å²) >= 11 is 0. The van der Waals surface area contributed by atoms with Gasteiger partial charge in [-0.25, -0.2) is 0 Å². The molecule has 0 aromatic carbocycles. The summed E-state index contributed by atoms with van der Waals surface area (Å²) in [7, 11) is 2.09. The highest BCUT2D eigenvalue weighted by Crippen LogP contribution is 2.07. The molecule has 3 nitrogen and oxygen atoms in total. The molecule has 0 fully saturated rings. The zero-order valence-corrected chi connectivity index (χ0v) is 8.36. The van der Waals surface area contributed by atoms with Crippen molar-refractivity contribution in [2.24, 2.45) is 5.73 Å². The Bertz CT molecular complexity index is 217. The maximum atomic E-state index is 5.65. The third-order valence-corrected chi connectivity index (χ3v) is 2.38. The molecule has 0 saturated carbocycles. The normalized spacial score (nSPS) is 13.5. The highest BCUT2D eigenvalue weighted by atomic mass is 16.3. The van der Waals surface area contributed by atoms with E-state index >= 15 is 0 Å². The average molecular weight is 182 g/mol. The van der Waals surface area contributed by atoms with Gasteiger partial charge in [-0.1, -0.05) is 6.92 Å². The monoisotopic (exact) mass is 182 g/mol. The predicted octanol–water partition coefficient (Wildman–Crippen LogP) is 1.45. The fourth-order valence-corrected chi connectivity index (χ4v) is 1.46. The van der Waals surface area contributed by atoms with E-state index in [-0.39, 0.29) is 0 Å².